The fourth-order valence-electron chi connectivity index (χ4n) is 2.54. The second kappa shape index (κ2) is 10.2. The summed E-state index contributed by atoms with van der Waals surface area (Å²) in [4.78, 5) is 18.0. The van der Waals surface area contributed by atoms with Crippen LogP contribution in [0.4, 0.5) is 0 Å². The van der Waals surface area contributed by atoms with Crippen LogP contribution >= 0.6 is 24.0 Å². The molecule has 2 aliphatic rings. The summed E-state index contributed by atoms with van der Waals surface area (Å²) in [6.07, 6.45) is 6.76. The molecule has 1 aliphatic heterocycles. The first-order valence-electron chi connectivity index (χ1n) is 8.09. The molecule has 6 heteroatoms. The Labute approximate surface area is 145 Å². The van der Waals surface area contributed by atoms with E-state index in [1.54, 1.807) is 0 Å². The number of nitrogens with zero attached hydrogens (tertiary/aromatic N) is 2. The van der Waals surface area contributed by atoms with Gasteiger partial charge >= 0.3 is 0 Å². The Morgan fingerprint density at radius 2 is 2.19 bits per heavy atom. The maximum absolute atomic E-state index is 11.5. The number of nitrogens with one attached hydrogen (secondary N) is 2. The minimum atomic E-state index is 0. The molecule has 1 saturated heterocycles. The molecule has 1 heterocycles. The number of carbonyl (C=O) groups is 1. The van der Waals surface area contributed by atoms with Gasteiger partial charge in [0.05, 0.1) is 0 Å². The normalized spacial score (nSPS) is 18.6. The zero-order valence-corrected chi connectivity index (χ0v) is 15.4. The third-order valence-corrected chi connectivity index (χ3v) is 3.91. The van der Waals surface area contributed by atoms with E-state index in [1.165, 1.54) is 19.3 Å². The lowest BCUT2D eigenvalue weighted by Gasteiger charge is -2.15. The van der Waals surface area contributed by atoms with Gasteiger partial charge in [0, 0.05) is 39.1 Å². The van der Waals surface area contributed by atoms with Crippen molar-refractivity contribution < 1.29 is 4.79 Å². The molecule has 0 radical (unpaired) electrons. The van der Waals surface area contributed by atoms with Gasteiger partial charge < -0.3 is 15.5 Å². The third kappa shape index (κ3) is 7.33. The standard InChI is InChI=1S/C15H28N4O.HI/c1-2-16-15(18-10-8-13-6-7-13)17-9-4-12-19-11-3-5-14(19)20;/h13H,2-12H2,1H3,(H2,16,17,18);1H. The summed E-state index contributed by atoms with van der Waals surface area (Å²) in [5, 5.41) is 6.66. The number of hydrogen-bond donors (Lipinski definition) is 2. The predicted molar refractivity (Wildman–Crippen MR) is 97.2 cm³/mol. The topological polar surface area (TPSA) is 56.7 Å². The minimum Gasteiger partial charge on any atom is -0.357 e. The lowest BCUT2D eigenvalue weighted by molar-refractivity contribution is -0.127. The smallest absolute Gasteiger partial charge is 0.222 e. The highest BCUT2D eigenvalue weighted by Crippen LogP contribution is 2.31. The number of amides is 1. The average molecular weight is 408 g/mol. The van der Waals surface area contributed by atoms with Crippen molar-refractivity contribution in [2.45, 2.75) is 45.4 Å². The largest absolute Gasteiger partial charge is 0.357 e. The summed E-state index contributed by atoms with van der Waals surface area (Å²) < 4.78 is 0. The van der Waals surface area contributed by atoms with Gasteiger partial charge in [0.2, 0.25) is 5.91 Å². The van der Waals surface area contributed by atoms with E-state index in [2.05, 4.69) is 22.5 Å². The highest BCUT2D eigenvalue weighted by molar-refractivity contribution is 14.0. The van der Waals surface area contributed by atoms with Crippen molar-refractivity contribution >= 4 is 35.8 Å². The van der Waals surface area contributed by atoms with Crippen LogP contribution in [-0.2, 0) is 4.79 Å². The van der Waals surface area contributed by atoms with E-state index in [0.29, 0.717) is 5.91 Å². The van der Waals surface area contributed by atoms with Gasteiger partial charge in [-0.25, -0.2) is 0 Å². The first-order chi connectivity index (χ1) is 9.79. The van der Waals surface area contributed by atoms with E-state index < -0.39 is 0 Å². The van der Waals surface area contributed by atoms with Gasteiger partial charge in [-0.2, -0.15) is 0 Å². The molecular weight excluding hydrogens is 379 g/mol. The number of rotatable bonds is 8. The van der Waals surface area contributed by atoms with Crippen LogP contribution in [0.3, 0.4) is 0 Å². The van der Waals surface area contributed by atoms with Gasteiger partial charge in [-0.05, 0) is 32.1 Å². The Bertz CT molecular complexity index is 345. The molecule has 0 bridgehead atoms. The SMILES string of the molecule is CCNC(=NCCCN1CCCC1=O)NCCC1CC1.I. The second-order valence-electron chi connectivity index (χ2n) is 5.76. The number of aliphatic imine (C=N–C) groups is 1. The molecule has 0 aromatic heterocycles. The maximum Gasteiger partial charge on any atom is 0.222 e. The monoisotopic (exact) mass is 408 g/mol. The summed E-state index contributed by atoms with van der Waals surface area (Å²) in [5.41, 5.74) is 0. The van der Waals surface area contributed by atoms with Crippen molar-refractivity contribution in [3.8, 4) is 0 Å². The van der Waals surface area contributed by atoms with Crippen molar-refractivity contribution in [1.82, 2.24) is 15.5 Å². The van der Waals surface area contributed by atoms with Gasteiger partial charge in [0.1, 0.15) is 0 Å². The number of halogens is 1. The molecule has 0 aromatic carbocycles. The average Bonchev–Trinajstić information content (AvgIpc) is 3.17. The van der Waals surface area contributed by atoms with Crippen LogP contribution in [0.2, 0.25) is 0 Å². The molecule has 1 saturated carbocycles. The molecule has 2 fully saturated rings. The molecule has 0 unspecified atom stereocenters. The van der Waals surface area contributed by atoms with Crippen molar-refractivity contribution in [3.05, 3.63) is 0 Å². The Balaban J connectivity index is 0.00000220. The molecule has 0 spiro atoms. The van der Waals surface area contributed by atoms with Crippen LogP contribution in [-0.4, -0.2) is 49.5 Å². The van der Waals surface area contributed by atoms with Gasteiger partial charge in [-0.3, -0.25) is 9.79 Å². The molecule has 1 aliphatic carbocycles. The van der Waals surface area contributed by atoms with E-state index >= 15 is 0 Å². The van der Waals surface area contributed by atoms with E-state index in [-0.39, 0.29) is 24.0 Å². The molecule has 2 N–H and O–H groups in total. The molecular formula is C15H29IN4O. The van der Waals surface area contributed by atoms with Crippen LogP contribution in [0.25, 0.3) is 0 Å². The first-order valence-corrected chi connectivity index (χ1v) is 8.09. The van der Waals surface area contributed by atoms with Gasteiger partial charge in [-0.1, -0.05) is 12.8 Å². The summed E-state index contributed by atoms with van der Waals surface area (Å²) in [6.45, 7) is 6.55. The van der Waals surface area contributed by atoms with Crippen LogP contribution in [0.5, 0.6) is 0 Å². The number of hydrogen-bond acceptors (Lipinski definition) is 2. The summed E-state index contributed by atoms with van der Waals surface area (Å²) in [7, 11) is 0. The molecule has 122 valence electrons. The van der Waals surface area contributed by atoms with Crippen LogP contribution in [0, 0.1) is 5.92 Å². The highest BCUT2D eigenvalue weighted by Gasteiger charge is 2.20. The molecule has 2 rings (SSSR count). The van der Waals surface area contributed by atoms with Gasteiger partial charge in [0.15, 0.2) is 5.96 Å². The number of guanidine groups is 1. The predicted octanol–water partition coefficient (Wildman–Crippen LogP) is 1.97. The summed E-state index contributed by atoms with van der Waals surface area (Å²) in [5.74, 6) is 2.18. The Kier molecular flexibility index (Phi) is 9.03. The molecule has 0 atom stereocenters. The number of carbonyl (C=O) groups excluding carboxylic acids is 1. The summed E-state index contributed by atoms with van der Waals surface area (Å²) in [6, 6.07) is 0. The van der Waals surface area contributed by atoms with E-state index in [0.717, 1.165) is 63.9 Å². The van der Waals surface area contributed by atoms with E-state index in [4.69, 9.17) is 0 Å². The van der Waals surface area contributed by atoms with Gasteiger partial charge in [-0.15, -0.1) is 24.0 Å². The maximum atomic E-state index is 11.5. The highest BCUT2D eigenvalue weighted by atomic mass is 127. The van der Waals surface area contributed by atoms with E-state index in [9.17, 15) is 4.79 Å². The van der Waals surface area contributed by atoms with Crippen LogP contribution in [0.15, 0.2) is 4.99 Å². The molecule has 0 aromatic rings. The zero-order chi connectivity index (χ0) is 14.2. The quantitative estimate of drug-likeness (QED) is 0.280. The Morgan fingerprint density at radius 3 is 2.81 bits per heavy atom. The lowest BCUT2D eigenvalue weighted by atomic mass is 10.3. The molecule has 21 heavy (non-hydrogen) atoms. The van der Waals surface area contributed by atoms with Crippen LogP contribution in [0.1, 0.15) is 45.4 Å². The molecule has 5 nitrogen and oxygen atoms in total. The Morgan fingerprint density at radius 1 is 1.38 bits per heavy atom. The van der Waals surface area contributed by atoms with Crippen molar-refractivity contribution in [3.63, 3.8) is 0 Å². The van der Waals surface area contributed by atoms with Gasteiger partial charge in [0.25, 0.3) is 0 Å². The minimum absolute atomic E-state index is 0. The lowest BCUT2D eigenvalue weighted by Crippen LogP contribution is -2.38. The van der Waals surface area contributed by atoms with E-state index in [1.807, 2.05) is 4.90 Å². The summed E-state index contributed by atoms with van der Waals surface area (Å²) >= 11 is 0. The first kappa shape index (κ1) is 18.5. The fraction of sp³-hybridized carbons (Fsp3) is 0.867. The second-order valence-corrected chi connectivity index (χ2v) is 5.76. The van der Waals surface area contributed by atoms with Crippen molar-refractivity contribution in [1.29, 1.82) is 0 Å². The third-order valence-electron chi connectivity index (χ3n) is 3.91. The fourth-order valence-corrected chi connectivity index (χ4v) is 2.54. The number of likely N-dealkylation sites (tertiary alicyclic amines) is 1. The van der Waals surface area contributed by atoms with Crippen molar-refractivity contribution in [2.24, 2.45) is 10.9 Å². The zero-order valence-electron chi connectivity index (χ0n) is 13.1. The molecule has 1 amide bonds. The van der Waals surface area contributed by atoms with Crippen LogP contribution < -0.4 is 10.6 Å². The van der Waals surface area contributed by atoms with Crippen molar-refractivity contribution in [2.75, 3.05) is 32.7 Å². The Hall–Kier alpha value is -0.530.